The van der Waals surface area contributed by atoms with E-state index in [0.717, 1.165) is 44.8 Å². The quantitative estimate of drug-likeness (QED) is 0.119. The highest BCUT2D eigenvalue weighted by molar-refractivity contribution is 5.81. The average molecular weight is 901 g/mol. The Hall–Kier alpha value is -7.36. The van der Waals surface area contributed by atoms with E-state index in [-0.39, 0.29) is 62.7 Å². The average Bonchev–Trinajstić information content (AvgIpc) is 4.17. The lowest BCUT2D eigenvalue weighted by Gasteiger charge is -2.40. The van der Waals surface area contributed by atoms with Crippen molar-refractivity contribution < 1.29 is 66.4 Å². The molecule has 2 unspecified atom stereocenters. The maximum Gasteiger partial charge on any atom is 0.310 e. The van der Waals surface area contributed by atoms with Gasteiger partial charge in [0.25, 0.3) is 0 Å². The number of ether oxygens (including phenoxy) is 12. The predicted molar refractivity (Wildman–Crippen MR) is 236 cm³/mol. The van der Waals surface area contributed by atoms with Crippen LogP contribution in [0.5, 0.6) is 57.5 Å². The van der Waals surface area contributed by atoms with Gasteiger partial charge in [-0.05, 0) is 106 Å². The van der Waals surface area contributed by atoms with Crippen LogP contribution >= 0.6 is 0 Å². The molecule has 342 valence electrons. The molecule has 16 nitrogen and oxygen atoms in total. The normalized spacial score (nSPS) is 24.8. The smallest absolute Gasteiger partial charge is 0.310 e. The van der Waals surface area contributed by atoms with E-state index in [2.05, 4.69) is 10.6 Å². The van der Waals surface area contributed by atoms with Gasteiger partial charge in [0.1, 0.15) is 0 Å². The first-order valence-electron chi connectivity index (χ1n) is 21.7. The molecule has 2 saturated heterocycles. The van der Waals surface area contributed by atoms with Crippen LogP contribution in [-0.2, 0) is 19.1 Å². The first-order chi connectivity index (χ1) is 32.2. The minimum Gasteiger partial charge on any atom is -0.493 e. The van der Waals surface area contributed by atoms with Crippen LogP contribution in [0.3, 0.4) is 0 Å². The summed E-state index contributed by atoms with van der Waals surface area (Å²) in [6, 6.07) is 22.9. The molecule has 8 atom stereocenters. The van der Waals surface area contributed by atoms with Crippen molar-refractivity contribution in [2.75, 3.05) is 80.1 Å². The van der Waals surface area contributed by atoms with E-state index >= 15 is 0 Å². The fraction of sp³-hybridized carbons (Fsp3) is 0.360. The van der Waals surface area contributed by atoms with Crippen LogP contribution in [0.1, 0.15) is 57.3 Å². The van der Waals surface area contributed by atoms with Gasteiger partial charge in [-0.2, -0.15) is 0 Å². The second-order valence-corrected chi connectivity index (χ2v) is 17.0. The first-order valence-corrected chi connectivity index (χ1v) is 21.7. The third kappa shape index (κ3) is 6.47. The number of fused-ring (bicyclic) bond motifs is 6. The SMILES string of the molecule is COc1cc(C2c3cc4c(cc3[C@@H](Nc3ccc(N[C@@H]5c6cc7c(cc6C(c6cc(OC)c(OC)c(OC)c6)[C@H]6C(=O)OC[C@H]56)OCO7)cc3)[C@H]3COC(=O)[C@H]23)OCO4)cc(OC)c1OC. The molecule has 4 heterocycles. The minimum absolute atomic E-state index is 0.0940. The largest absolute Gasteiger partial charge is 0.493 e. The van der Waals surface area contributed by atoms with Crippen molar-refractivity contribution in [3.63, 3.8) is 0 Å². The Balaban J connectivity index is 0.938. The highest BCUT2D eigenvalue weighted by Crippen LogP contribution is 2.58. The molecule has 2 aliphatic carbocycles. The van der Waals surface area contributed by atoms with E-state index in [1.54, 1.807) is 42.7 Å². The van der Waals surface area contributed by atoms with Gasteiger partial charge in [-0.3, -0.25) is 9.59 Å². The number of anilines is 2. The van der Waals surface area contributed by atoms with Crippen molar-refractivity contribution in [2.45, 2.75) is 23.9 Å². The minimum atomic E-state index is -0.547. The summed E-state index contributed by atoms with van der Waals surface area (Å²) >= 11 is 0. The topological polar surface area (TPSA) is 169 Å². The van der Waals surface area contributed by atoms with Crippen molar-refractivity contribution in [3.05, 3.63) is 106 Å². The van der Waals surface area contributed by atoms with Crippen molar-refractivity contribution in [3.8, 4) is 57.5 Å². The van der Waals surface area contributed by atoms with Crippen LogP contribution in [0, 0.1) is 23.7 Å². The van der Waals surface area contributed by atoms with E-state index in [0.29, 0.717) is 57.5 Å². The van der Waals surface area contributed by atoms with Gasteiger partial charge in [0, 0.05) is 35.0 Å². The summed E-state index contributed by atoms with van der Waals surface area (Å²) in [6.45, 7) is 0.624. The van der Waals surface area contributed by atoms with Gasteiger partial charge in [-0.25, -0.2) is 0 Å². The summed E-state index contributed by atoms with van der Waals surface area (Å²) in [5, 5.41) is 7.55. The molecule has 5 aromatic carbocycles. The molecule has 2 fully saturated rings. The van der Waals surface area contributed by atoms with E-state index in [1.165, 1.54) is 0 Å². The molecule has 4 aliphatic heterocycles. The number of nitrogens with one attached hydrogen (secondary N) is 2. The predicted octanol–water partition coefficient (Wildman–Crippen LogP) is 7.37. The number of hydrogen-bond acceptors (Lipinski definition) is 16. The Morgan fingerprint density at radius 3 is 1.09 bits per heavy atom. The molecular formula is C50H48N2O14. The Labute approximate surface area is 380 Å². The molecule has 6 aliphatic rings. The summed E-state index contributed by atoms with van der Waals surface area (Å²) in [7, 11) is 9.40. The Morgan fingerprint density at radius 2 is 0.773 bits per heavy atom. The van der Waals surface area contributed by atoms with Crippen LogP contribution in [0.15, 0.2) is 72.8 Å². The van der Waals surface area contributed by atoms with E-state index in [1.807, 2.05) is 72.8 Å². The number of methoxy groups -OCH3 is 6. The second-order valence-electron chi connectivity index (χ2n) is 17.0. The maximum absolute atomic E-state index is 13.9. The Bertz CT molecular complexity index is 2520. The van der Waals surface area contributed by atoms with Crippen LogP contribution in [-0.4, -0.2) is 81.4 Å². The molecule has 66 heavy (non-hydrogen) atoms. The second kappa shape index (κ2) is 16.3. The third-order valence-electron chi connectivity index (χ3n) is 14.0. The molecule has 5 aromatic rings. The number of esters is 2. The zero-order chi connectivity index (χ0) is 45.4. The monoisotopic (exact) mass is 900 g/mol. The van der Waals surface area contributed by atoms with Crippen molar-refractivity contribution in [1.29, 1.82) is 0 Å². The molecule has 0 spiro atoms. The summed E-state index contributed by atoms with van der Waals surface area (Å²) in [5.74, 6) is 2.27. The van der Waals surface area contributed by atoms with E-state index in [4.69, 9.17) is 56.8 Å². The van der Waals surface area contributed by atoms with Crippen LogP contribution in [0.4, 0.5) is 11.4 Å². The third-order valence-corrected chi connectivity index (χ3v) is 14.0. The van der Waals surface area contributed by atoms with E-state index < -0.39 is 23.7 Å². The summed E-state index contributed by atoms with van der Waals surface area (Å²) < 4.78 is 69.6. The number of rotatable bonds is 12. The summed E-state index contributed by atoms with van der Waals surface area (Å²) in [5.41, 5.74) is 6.98. The van der Waals surface area contributed by atoms with Gasteiger partial charge in [0.15, 0.2) is 46.0 Å². The van der Waals surface area contributed by atoms with Crippen molar-refractivity contribution in [2.24, 2.45) is 23.7 Å². The fourth-order valence-electron chi connectivity index (χ4n) is 11.1. The van der Waals surface area contributed by atoms with Gasteiger partial charge in [-0.1, -0.05) is 0 Å². The maximum atomic E-state index is 13.9. The highest BCUT2D eigenvalue weighted by atomic mass is 16.7. The number of carbonyl (C=O) groups excluding carboxylic acids is 2. The van der Waals surface area contributed by atoms with Crippen LogP contribution in [0.25, 0.3) is 0 Å². The van der Waals surface area contributed by atoms with Gasteiger partial charge >= 0.3 is 11.9 Å². The number of hydrogen-bond donors (Lipinski definition) is 2. The standard InChI is InChI=1S/C50H48N2O14/c1-55-37-11-23(12-38(56-2)47(37)59-5)41-27-15-33-35(65-21-63-33)17-29(27)45(31-19-61-49(53)43(31)41)51-25-7-9-26(10-8-25)52-46-30-18-36-34(64-22-66-36)16-28(30)42(44-32(46)20-62-50(44)54)24-13-39(57-3)48(60-6)40(14-24)58-4/h7-18,31-32,41-46,51-52H,19-22H2,1-6H3/t31-,32-,41?,42?,43-,44-,45+,46+/m0/s1. The van der Waals surface area contributed by atoms with Gasteiger partial charge in [0.2, 0.25) is 25.1 Å². The molecule has 2 N–H and O–H groups in total. The molecule has 11 rings (SSSR count). The van der Waals surface area contributed by atoms with Crippen molar-refractivity contribution in [1.82, 2.24) is 0 Å². The molecule has 16 heteroatoms. The Morgan fingerprint density at radius 1 is 0.439 bits per heavy atom. The zero-order valence-corrected chi connectivity index (χ0v) is 37.1. The van der Waals surface area contributed by atoms with Crippen LogP contribution < -0.4 is 58.0 Å². The Kier molecular flexibility index (Phi) is 10.2. The lowest BCUT2D eigenvalue weighted by atomic mass is 9.65. The molecule has 0 saturated carbocycles. The lowest BCUT2D eigenvalue weighted by molar-refractivity contribution is -0.142. The number of carbonyl (C=O) groups is 2. The molecular weight excluding hydrogens is 853 g/mol. The number of cyclic esters (lactones) is 2. The fourth-order valence-corrected chi connectivity index (χ4v) is 11.1. The molecule has 0 aromatic heterocycles. The van der Waals surface area contributed by atoms with Gasteiger partial charge in [0.05, 0.1) is 79.8 Å². The summed E-state index contributed by atoms with van der Waals surface area (Å²) in [6.07, 6.45) is 0. The summed E-state index contributed by atoms with van der Waals surface area (Å²) in [4.78, 5) is 27.7. The molecule has 0 amide bonds. The highest BCUT2D eigenvalue weighted by Gasteiger charge is 2.54. The zero-order valence-electron chi connectivity index (χ0n) is 37.1. The van der Waals surface area contributed by atoms with Crippen LogP contribution in [0.2, 0.25) is 0 Å². The van der Waals surface area contributed by atoms with E-state index in [9.17, 15) is 9.59 Å². The molecule has 0 bridgehead atoms. The number of benzene rings is 5. The van der Waals surface area contributed by atoms with Gasteiger partial charge < -0.3 is 67.5 Å². The van der Waals surface area contributed by atoms with Crippen molar-refractivity contribution >= 4 is 23.3 Å². The van der Waals surface area contributed by atoms with Gasteiger partial charge in [-0.15, -0.1) is 0 Å². The molecule has 0 radical (unpaired) electrons. The first kappa shape index (κ1) is 41.4. The lowest BCUT2D eigenvalue weighted by Crippen LogP contribution is -2.38.